The maximum absolute atomic E-state index is 4.67. The SMILES string of the molecule is c1ccc(Nc2nc(-c3ccc(-c4csc(Nc5ccccn5)n4)cc3)cs2)nc1. The molecule has 0 fully saturated rings. The lowest BCUT2D eigenvalue weighted by Gasteiger charge is -2.02. The van der Waals surface area contributed by atoms with Gasteiger partial charge in [0.1, 0.15) is 11.6 Å². The summed E-state index contributed by atoms with van der Waals surface area (Å²) < 4.78 is 0. The number of benzene rings is 1. The van der Waals surface area contributed by atoms with Gasteiger partial charge in [-0.05, 0) is 24.3 Å². The van der Waals surface area contributed by atoms with Gasteiger partial charge < -0.3 is 10.6 Å². The lowest BCUT2D eigenvalue weighted by Crippen LogP contribution is -1.92. The average molecular weight is 429 g/mol. The highest BCUT2D eigenvalue weighted by Crippen LogP contribution is 2.30. The van der Waals surface area contributed by atoms with Crippen LogP contribution in [0.3, 0.4) is 0 Å². The molecule has 0 aliphatic heterocycles. The van der Waals surface area contributed by atoms with E-state index in [-0.39, 0.29) is 0 Å². The third kappa shape index (κ3) is 4.19. The van der Waals surface area contributed by atoms with Gasteiger partial charge in [-0.1, -0.05) is 36.4 Å². The monoisotopic (exact) mass is 428 g/mol. The molecule has 1 aromatic carbocycles. The number of rotatable bonds is 6. The fourth-order valence-electron chi connectivity index (χ4n) is 2.83. The minimum Gasteiger partial charge on any atom is -0.316 e. The molecule has 0 atom stereocenters. The van der Waals surface area contributed by atoms with Gasteiger partial charge in [-0.25, -0.2) is 19.9 Å². The number of nitrogens with zero attached hydrogens (tertiary/aromatic N) is 4. The largest absolute Gasteiger partial charge is 0.316 e. The van der Waals surface area contributed by atoms with Gasteiger partial charge in [-0.2, -0.15) is 0 Å². The van der Waals surface area contributed by atoms with E-state index in [4.69, 9.17) is 0 Å². The Kier molecular flexibility index (Phi) is 5.15. The minimum absolute atomic E-state index is 0.785. The van der Waals surface area contributed by atoms with Crippen LogP contribution in [0.1, 0.15) is 0 Å². The summed E-state index contributed by atoms with van der Waals surface area (Å²) in [5.74, 6) is 1.57. The van der Waals surface area contributed by atoms with Crippen LogP contribution < -0.4 is 10.6 Å². The summed E-state index contributed by atoms with van der Waals surface area (Å²) in [4.78, 5) is 17.9. The van der Waals surface area contributed by atoms with Gasteiger partial charge in [-0.15, -0.1) is 22.7 Å². The van der Waals surface area contributed by atoms with Crippen LogP contribution in [0.15, 0.2) is 83.8 Å². The van der Waals surface area contributed by atoms with Crippen LogP contribution in [0.4, 0.5) is 21.9 Å². The molecule has 4 heterocycles. The molecule has 8 heteroatoms. The Balaban J connectivity index is 1.29. The number of nitrogens with one attached hydrogen (secondary N) is 2. The standard InChI is InChI=1S/C22H16N6S2/c1-3-11-23-19(5-1)27-21-25-17(13-29-21)15-7-9-16(10-8-15)18-14-30-22(26-18)28-20-6-2-4-12-24-20/h1-14H,(H,23,25,27)(H,24,26,28). The van der Waals surface area contributed by atoms with E-state index in [1.807, 2.05) is 47.2 Å². The van der Waals surface area contributed by atoms with Crippen LogP contribution in [0.25, 0.3) is 22.5 Å². The van der Waals surface area contributed by atoms with Crippen LogP contribution in [0.5, 0.6) is 0 Å². The molecule has 0 amide bonds. The highest BCUT2D eigenvalue weighted by Gasteiger charge is 2.08. The van der Waals surface area contributed by atoms with Crippen LogP contribution in [0, 0.1) is 0 Å². The summed E-state index contributed by atoms with van der Waals surface area (Å²) in [6.45, 7) is 0. The Labute approximate surface area is 181 Å². The maximum Gasteiger partial charge on any atom is 0.188 e. The Morgan fingerprint density at radius 1 is 0.567 bits per heavy atom. The molecule has 0 saturated carbocycles. The van der Waals surface area contributed by atoms with E-state index in [2.05, 4.69) is 54.8 Å². The lowest BCUT2D eigenvalue weighted by molar-refractivity contribution is 1.28. The van der Waals surface area contributed by atoms with Crippen molar-refractivity contribution >= 4 is 44.6 Å². The van der Waals surface area contributed by atoms with Crippen LogP contribution in [-0.4, -0.2) is 19.9 Å². The predicted octanol–water partition coefficient (Wildman–Crippen LogP) is 6.21. The van der Waals surface area contributed by atoms with Gasteiger partial charge >= 0.3 is 0 Å². The molecule has 4 aromatic heterocycles. The number of thiazole rings is 2. The molecular weight excluding hydrogens is 412 g/mol. The number of aromatic nitrogens is 4. The van der Waals surface area contributed by atoms with Crippen molar-refractivity contribution in [3.05, 3.63) is 83.8 Å². The van der Waals surface area contributed by atoms with Crippen molar-refractivity contribution in [2.24, 2.45) is 0 Å². The second kappa shape index (κ2) is 8.40. The van der Waals surface area contributed by atoms with Crippen molar-refractivity contribution in [1.29, 1.82) is 0 Å². The fraction of sp³-hybridized carbons (Fsp3) is 0. The molecule has 30 heavy (non-hydrogen) atoms. The van der Waals surface area contributed by atoms with Crippen LogP contribution in [0.2, 0.25) is 0 Å². The molecule has 0 bridgehead atoms. The molecule has 2 N–H and O–H groups in total. The van der Waals surface area contributed by atoms with Crippen molar-refractivity contribution in [3.63, 3.8) is 0 Å². The second-order valence-corrected chi connectivity index (χ2v) is 8.05. The van der Waals surface area contributed by atoms with Crippen molar-refractivity contribution < 1.29 is 0 Å². The first kappa shape index (κ1) is 18.4. The van der Waals surface area contributed by atoms with Crippen molar-refractivity contribution in [2.45, 2.75) is 0 Å². The first-order chi connectivity index (χ1) is 14.8. The van der Waals surface area contributed by atoms with E-state index in [0.29, 0.717) is 0 Å². The Bertz CT molecular complexity index is 1130. The van der Waals surface area contributed by atoms with Gasteiger partial charge in [0.2, 0.25) is 0 Å². The molecule has 0 aliphatic carbocycles. The Morgan fingerprint density at radius 2 is 1.03 bits per heavy atom. The fourth-order valence-corrected chi connectivity index (χ4v) is 4.28. The smallest absolute Gasteiger partial charge is 0.188 e. The van der Waals surface area contributed by atoms with Gasteiger partial charge in [-0.3, -0.25) is 0 Å². The van der Waals surface area contributed by atoms with Crippen molar-refractivity contribution in [3.8, 4) is 22.5 Å². The highest BCUT2D eigenvalue weighted by molar-refractivity contribution is 7.14. The van der Waals surface area contributed by atoms with E-state index in [9.17, 15) is 0 Å². The van der Waals surface area contributed by atoms with Gasteiger partial charge in [0.25, 0.3) is 0 Å². The number of anilines is 4. The second-order valence-electron chi connectivity index (χ2n) is 6.33. The quantitative estimate of drug-likeness (QED) is 0.335. The minimum atomic E-state index is 0.785. The van der Waals surface area contributed by atoms with Gasteiger partial charge in [0.15, 0.2) is 10.3 Å². The Morgan fingerprint density at radius 3 is 1.43 bits per heavy atom. The molecule has 6 nitrogen and oxygen atoms in total. The first-order valence-electron chi connectivity index (χ1n) is 9.21. The summed E-state index contributed by atoms with van der Waals surface area (Å²) in [7, 11) is 0. The highest BCUT2D eigenvalue weighted by atomic mass is 32.1. The number of hydrogen-bond acceptors (Lipinski definition) is 8. The number of hydrogen-bond donors (Lipinski definition) is 2. The van der Waals surface area contributed by atoms with Crippen LogP contribution >= 0.6 is 22.7 Å². The normalized spacial score (nSPS) is 10.7. The zero-order chi connectivity index (χ0) is 20.2. The summed E-state index contributed by atoms with van der Waals surface area (Å²) in [6, 6.07) is 19.8. The summed E-state index contributed by atoms with van der Waals surface area (Å²) in [5.41, 5.74) is 3.99. The van der Waals surface area contributed by atoms with Gasteiger partial charge in [0, 0.05) is 34.3 Å². The molecule has 5 aromatic rings. The summed E-state index contributed by atoms with van der Waals surface area (Å²) in [5, 5.41) is 12.2. The zero-order valence-corrected chi connectivity index (χ0v) is 17.3. The van der Waals surface area contributed by atoms with Crippen LogP contribution in [-0.2, 0) is 0 Å². The zero-order valence-electron chi connectivity index (χ0n) is 15.7. The summed E-state index contributed by atoms with van der Waals surface area (Å²) >= 11 is 3.11. The third-order valence-electron chi connectivity index (χ3n) is 4.28. The predicted molar refractivity (Wildman–Crippen MR) is 124 cm³/mol. The Hall–Kier alpha value is -3.62. The molecule has 5 rings (SSSR count). The van der Waals surface area contributed by atoms with E-state index in [1.54, 1.807) is 35.1 Å². The van der Waals surface area contributed by atoms with E-state index >= 15 is 0 Å². The molecule has 0 aliphatic rings. The van der Waals surface area contributed by atoms with E-state index in [0.717, 1.165) is 44.4 Å². The molecule has 146 valence electrons. The molecule has 0 saturated heterocycles. The maximum atomic E-state index is 4.67. The van der Waals surface area contributed by atoms with Crippen molar-refractivity contribution in [2.75, 3.05) is 10.6 Å². The van der Waals surface area contributed by atoms with Gasteiger partial charge in [0.05, 0.1) is 11.4 Å². The average Bonchev–Trinajstić information content (AvgIpc) is 3.45. The topological polar surface area (TPSA) is 75.6 Å². The molecular formula is C22H16N6S2. The van der Waals surface area contributed by atoms with E-state index in [1.165, 1.54) is 0 Å². The lowest BCUT2D eigenvalue weighted by atomic mass is 10.1. The molecule has 0 unspecified atom stereocenters. The molecule has 0 spiro atoms. The summed E-state index contributed by atoms with van der Waals surface area (Å²) in [6.07, 6.45) is 3.51. The van der Waals surface area contributed by atoms with E-state index < -0.39 is 0 Å². The van der Waals surface area contributed by atoms with Crippen molar-refractivity contribution in [1.82, 2.24) is 19.9 Å². The number of pyridine rings is 2. The third-order valence-corrected chi connectivity index (χ3v) is 5.80. The first-order valence-corrected chi connectivity index (χ1v) is 11.0. The molecule has 0 radical (unpaired) electrons.